The summed E-state index contributed by atoms with van der Waals surface area (Å²) in [6.45, 7) is 2.07. The zero-order valence-electron chi connectivity index (χ0n) is 8.64. The lowest BCUT2D eigenvalue weighted by atomic mass is 10.1. The Hall–Kier alpha value is -1.90. The van der Waals surface area contributed by atoms with Gasteiger partial charge >= 0.3 is 0 Å². The summed E-state index contributed by atoms with van der Waals surface area (Å²) in [5, 5.41) is 0. The minimum absolute atomic E-state index is 0.701. The van der Waals surface area contributed by atoms with E-state index in [9.17, 15) is 0 Å². The van der Waals surface area contributed by atoms with E-state index in [0.29, 0.717) is 11.5 Å². The molecule has 15 heavy (non-hydrogen) atoms. The van der Waals surface area contributed by atoms with Crippen LogP contribution in [-0.4, -0.2) is 9.97 Å². The van der Waals surface area contributed by atoms with E-state index in [1.807, 2.05) is 30.3 Å². The zero-order chi connectivity index (χ0) is 10.7. The van der Waals surface area contributed by atoms with Crippen LogP contribution in [0.4, 0.5) is 5.69 Å². The van der Waals surface area contributed by atoms with Gasteiger partial charge in [-0.15, -0.1) is 0 Å². The van der Waals surface area contributed by atoms with Gasteiger partial charge in [-0.25, -0.2) is 9.97 Å². The van der Waals surface area contributed by atoms with Crippen LogP contribution in [0.25, 0.3) is 11.4 Å². The molecule has 2 aromatic rings. The highest BCUT2D eigenvalue weighted by molar-refractivity contribution is 5.70. The molecule has 0 atom stereocenters. The summed E-state index contributed by atoms with van der Waals surface area (Å²) in [6.07, 6.45) is 2.68. The number of nitrogen functional groups attached to an aromatic ring is 1. The number of aryl methyl sites for hydroxylation is 1. The van der Waals surface area contributed by atoms with Gasteiger partial charge in [0.1, 0.15) is 0 Å². The summed E-state index contributed by atoms with van der Waals surface area (Å²) in [6, 6.07) is 9.56. The summed E-state index contributed by atoms with van der Waals surface area (Å²) in [7, 11) is 0. The first-order valence-electron chi connectivity index (χ1n) is 4.98. The van der Waals surface area contributed by atoms with Gasteiger partial charge in [-0.1, -0.05) is 19.1 Å². The van der Waals surface area contributed by atoms with Gasteiger partial charge in [0.05, 0.1) is 0 Å². The number of nitrogens with two attached hydrogens (primary N) is 1. The number of rotatable bonds is 2. The Morgan fingerprint density at radius 3 is 2.73 bits per heavy atom. The normalized spacial score (nSPS) is 10.2. The molecule has 2 N–H and O–H groups in total. The van der Waals surface area contributed by atoms with Crippen molar-refractivity contribution in [2.24, 2.45) is 0 Å². The second-order valence-electron chi connectivity index (χ2n) is 3.31. The Bertz CT molecular complexity index is 466. The van der Waals surface area contributed by atoms with Crippen LogP contribution in [0.2, 0.25) is 0 Å². The van der Waals surface area contributed by atoms with Gasteiger partial charge < -0.3 is 5.73 Å². The number of nitrogens with zero attached hydrogens (tertiary/aromatic N) is 2. The third kappa shape index (κ3) is 1.96. The molecule has 0 radical (unpaired) electrons. The second-order valence-corrected chi connectivity index (χ2v) is 3.31. The van der Waals surface area contributed by atoms with E-state index < -0.39 is 0 Å². The molecule has 3 nitrogen and oxygen atoms in total. The van der Waals surface area contributed by atoms with E-state index in [1.54, 1.807) is 6.20 Å². The van der Waals surface area contributed by atoms with E-state index in [4.69, 9.17) is 5.73 Å². The van der Waals surface area contributed by atoms with Gasteiger partial charge in [0, 0.05) is 23.1 Å². The number of hydrogen-bond donors (Lipinski definition) is 1. The van der Waals surface area contributed by atoms with Gasteiger partial charge in [-0.2, -0.15) is 0 Å². The molecule has 0 aliphatic heterocycles. The maximum atomic E-state index is 5.86. The van der Waals surface area contributed by atoms with Crippen LogP contribution in [-0.2, 0) is 6.42 Å². The summed E-state index contributed by atoms with van der Waals surface area (Å²) in [5.41, 5.74) is 8.50. The molecular weight excluding hydrogens is 186 g/mol. The molecule has 0 aliphatic carbocycles. The number of para-hydroxylation sites is 1. The predicted octanol–water partition coefficient (Wildman–Crippen LogP) is 2.29. The minimum atomic E-state index is 0.701. The van der Waals surface area contributed by atoms with Crippen molar-refractivity contribution in [2.45, 2.75) is 13.3 Å². The molecule has 1 heterocycles. The van der Waals surface area contributed by atoms with E-state index in [1.165, 1.54) is 0 Å². The molecule has 0 unspecified atom stereocenters. The average Bonchev–Trinajstić information content (AvgIpc) is 2.30. The summed E-state index contributed by atoms with van der Waals surface area (Å²) in [5.74, 6) is 0.701. The fourth-order valence-corrected chi connectivity index (χ4v) is 1.42. The van der Waals surface area contributed by atoms with Crippen molar-refractivity contribution >= 4 is 5.69 Å². The first-order valence-corrected chi connectivity index (χ1v) is 4.98. The number of benzene rings is 1. The lowest BCUT2D eigenvalue weighted by Crippen LogP contribution is -1.96. The molecule has 3 heteroatoms. The van der Waals surface area contributed by atoms with Crippen LogP contribution >= 0.6 is 0 Å². The van der Waals surface area contributed by atoms with Crippen LogP contribution in [0.1, 0.15) is 12.6 Å². The Morgan fingerprint density at radius 2 is 2.00 bits per heavy atom. The van der Waals surface area contributed by atoms with Crippen molar-refractivity contribution in [1.29, 1.82) is 0 Å². The van der Waals surface area contributed by atoms with Crippen molar-refractivity contribution in [3.8, 4) is 11.4 Å². The van der Waals surface area contributed by atoms with Crippen molar-refractivity contribution < 1.29 is 0 Å². The lowest BCUT2D eigenvalue weighted by Gasteiger charge is -2.04. The fraction of sp³-hybridized carbons (Fsp3) is 0.167. The Labute approximate surface area is 89.0 Å². The second kappa shape index (κ2) is 4.09. The van der Waals surface area contributed by atoms with Gasteiger partial charge in [0.2, 0.25) is 0 Å². The molecule has 0 aliphatic rings. The monoisotopic (exact) mass is 199 g/mol. The van der Waals surface area contributed by atoms with Gasteiger partial charge in [-0.3, -0.25) is 0 Å². The van der Waals surface area contributed by atoms with Gasteiger partial charge in [0.15, 0.2) is 5.82 Å². The third-order valence-corrected chi connectivity index (χ3v) is 2.28. The van der Waals surface area contributed by atoms with Crippen molar-refractivity contribution in [3.05, 3.63) is 42.2 Å². The summed E-state index contributed by atoms with van der Waals surface area (Å²) in [4.78, 5) is 8.66. The molecule has 0 saturated carbocycles. The largest absolute Gasteiger partial charge is 0.398 e. The Kier molecular flexibility index (Phi) is 2.63. The van der Waals surface area contributed by atoms with Crippen LogP contribution in [0.3, 0.4) is 0 Å². The van der Waals surface area contributed by atoms with E-state index in [-0.39, 0.29) is 0 Å². The standard InChI is InChI=1S/C12H13N3/c1-2-9-7-8-14-12(15-9)10-5-3-4-6-11(10)13/h3-8H,2,13H2,1H3. The van der Waals surface area contributed by atoms with E-state index >= 15 is 0 Å². The highest BCUT2D eigenvalue weighted by Crippen LogP contribution is 2.21. The molecule has 0 amide bonds. The van der Waals surface area contributed by atoms with Gasteiger partial charge in [0.25, 0.3) is 0 Å². The molecule has 0 fully saturated rings. The molecule has 0 saturated heterocycles. The SMILES string of the molecule is CCc1ccnc(-c2ccccc2N)n1. The molecule has 1 aromatic carbocycles. The van der Waals surface area contributed by atoms with Crippen LogP contribution in [0.15, 0.2) is 36.5 Å². The van der Waals surface area contributed by atoms with Crippen LogP contribution < -0.4 is 5.73 Å². The Morgan fingerprint density at radius 1 is 1.20 bits per heavy atom. The number of aromatic nitrogens is 2. The molecule has 2 rings (SSSR count). The van der Waals surface area contributed by atoms with Crippen LogP contribution in [0, 0.1) is 0 Å². The number of hydrogen-bond acceptors (Lipinski definition) is 3. The predicted molar refractivity (Wildman–Crippen MR) is 61.3 cm³/mol. The maximum Gasteiger partial charge on any atom is 0.161 e. The number of anilines is 1. The molecule has 0 bridgehead atoms. The smallest absolute Gasteiger partial charge is 0.161 e. The van der Waals surface area contributed by atoms with E-state index in [2.05, 4.69) is 16.9 Å². The average molecular weight is 199 g/mol. The minimum Gasteiger partial charge on any atom is -0.398 e. The topological polar surface area (TPSA) is 51.8 Å². The molecule has 0 spiro atoms. The molecule has 1 aromatic heterocycles. The lowest BCUT2D eigenvalue weighted by molar-refractivity contribution is 1.01. The van der Waals surface area contributed by atoms with E-state index in [0.717, 1.165) is 17.7 Å². The van der Waals surface area contributed by atoms with Crippen molar-refractivity contribution in [3.63, 3.8) is 0 Å². The van der Waals surface area contributed by atoms with Crippen molar-refractivity contribution in [1.82, 2.24) is 9.97 Å². The zero-order valence-corrected chi connectivity index (χ0v) is 8.64. The highest BCUT2D eigenvalue weighted by Gasteiger charge is 2.04. The van der Waals surface area contributed by atoms with Crippen LogP contribution in [0.5, 0.6) is 0 Å². The summed E-state index contributed by atoms with van der Waals surface area (Å²) < 4.78 is 0. The molecule has 76 valence electrons. The fourth-order valence-electron chi connectivity index (χ4n) is 1.42. The van der Waals surface area contributed by atoms with Gasteiger partial charge in [-0.05, 0) is 24.6 Å². The Balaban J connectivity index is 2.49. The third-order valence-electron chi connectivity index (χ3n) is 2.28. The molecular formula is C12H13N3. The maximum absolute atomic E-state index is 5.86. The highest BCUT2D eigenvalue weighted by atomic mass is 14.9. The quantitative estimate of drug-likeness (QED) is 0.755. The first-order chi connectivity index (χ1) is 7.31. The van der Waals surface area contributed by atoms with Crippen molar-refractivity contribution in [2.75, 3.05) is 5.73 Å². The first kappa shape index (κ1) is 9.65. The summed E-state index contributed by atoms with van der Waals surface area (Å²) >= 11 is 0.